The van der Waals surface area contributed by atoms with Crippen LogP contribution in [0, 0.1) is 0 Å². The van der Waals surface area contributed by atoms with Crippen LogP contribution in [-0.2, 0) is 6.54 Å². The molecule has 3 aromatic heterocycles. The van der Waals surface area contributed by atoms with Crippen LogP contribution < -0.4 is 5.56 Å². The molecule has 26 heavy (non-hydrogen) atoms. The fourth-order valence-corrected chi connectivity index (χ4v) is 2.58. The van der Waals surface area contributed by atoms with Gasteiger partial charge in [0.25, 0.3) is 11.5 Å². The lowest BCUT2D eigenvalue weighted by Gasteiger charge is -2.21. The predicted molar refractivity (Wildman–Crippen MR) is 97.4 cm³/mol. The van der Waals surface area contributed by atoms with Crippen molar-refractivity contribution in [2.75, 3.05) is 6.54 Å². The minimum absolute atomic E-state index is 0.0205. The summed E-state index contributed by atoms with van der Waals surface area (Å²) in [5.74, 6) is -0.00620. The van der Waals surface area contributed by atoms with Gasteiger partial charge in [0.1, 0.15) is 11.3 Å². The third-order valence-corrected chi connectivity index (χ3v) is 3.84. The molecule has 3 rings (SSSR count). The Morgan fingerprint density at radius 3 is 2.58 bits per heavy atom. The first kappa shape index (κ1) is 17.5. The van der Waals surface area contributed by atoms with Crippen LogP contribution in [0.4, 0.5) is 0 Å². The van der Waals surface area contributed by atoms with Gasteiger partial charge in [-0.2, -0.15) is 0 Å². The molecule has 7 nitrogen and oxygen atoms in total. The number of H-pyrrole nitrogens is 1. The SMILES string of the molecule is CCCN(Cc1ccncc1)C(=O)c1cnc(-c2ccccn2)[nH]c1=O. The molecule has 1 N–H and O–H groups in total. The van der Waals surface area contributed by atoms with Gasteiger partial charge in [-0.25, -0.2) is 4.98 Å². The van der Waals surface area contributed by atoms with Gasteiger partial charge in [-0.3, -0.25) is 19.6 Å². The Morgan fingerprint density at radius 1 is 1.12 bits per heavy atom. The summed E-state index contributed by atoms with van der Waals surface area (Å²) in [6, 6.07) is 9.03. The first-order valence-corrected chi connectivity index (χ1v) is 8.38. The summed E-state index contributed by atoms with van der Waals surface area (Å²) in [7, 11) is 0. The Bertz CT molecular complexity index is 925. The van der Waals surface area contributed by atoms with Crippen molar-refractivity contribution >= 4 is 5.91 Å². The number of pyridine rings is 2. The summed E-state index contributed by atoms with van der Waals surface area (Å²) in [5, 5.41) is 0. The molecule has 0 radical (unpaired) electrons. The molecule has 3 heterocycles. The highest BCUT2D eigenvalue weighted by Crippen LogP contribution is 2.11. The summed E-state index contributed by atoms with van der Waals surface area (Å²) in [4.78, 5) is 41.9. The Kier molecular flexibility index (Phi) is 5.48. The normalized spacial score (nSPS) is 10.5. The Balaban J connectivity index is 1.86. The van der Waals surface area contributed by atoms with E-state index < -0.39 is 5.56 Å². The largest absolute Gasteiger partial charge is 0.334 e. The van der Waals surface area contributed by atoms with Crippen molar-refractivity contribution in [2.24, 2.45) is 0 Å². The van der Waals surface area contributed by atoms with E-state index in [1.165, 1.54) is 6.20 Å². The van der Waals surface area contributed by atoms with E-state index in [4.69, 9.17) is 0 Å². The summed E-state index contributed by atoms with van der Waals surface area (Å²) >= 11 is 0. The number of nitrogens with zero attached hydrogens (tertiary/aromatic N) is 4. The van der Waals surface area contributed by atoms with Crippen molar-refractivity contribution in [3.8, 4) is 11.5 Å². The first-order chi connectivity index (χ1) is 12.7. The number of amides is 1. The third kappa shape index (κ3) is 4.00. The van der Waals surface area contributed by atoms with Crippen LogP contribution in [-0.4, -0.2) is 37.3 Å². The molecule has 132 valence electrons. The molecule has 0 aliphatic rings. The number of rotatable bonds is 6. The number of hydrogen-bond donors (Lipinski definition) is 1. The predicted octanol–water partition coefficient (Wildman–Crippen LogP) is 2.28. The Hall–Kier alpha value is -3.35. The molecule has 0 saturated heterocycles. The molecule has 0 aromatic carbocycles. The highest BCUT2D eigenvalue weighted by atomic mass is 16.2. The van der Waals surface area contributed by atoms with E-state index in [9.17, 15) is 9.59 Å². The number of carbonyl (C=O) groups excluding carboxylic acids is 1. The van der Waals surface area contributed by atoms with Crippen LogP contribution in [0.3, 0.4) is 0 Å². The Morgan fingerprint density at radius 2 is 1.92 bits per heavy atom. The second-order valence-electron chi connectivity index (χ2n) is 5.77. The molecular weight excluding hydrogens is 330 g/mol. The van der Waals surface area contributed by atoms with E-state index in [0.717, 1.165) is 12.0 Å². The fraction of sp³-hybridized carbons (Fsp3) is 0.211. The zero-order valence-corrected chi connectivity index (χ0v) is 14.4. The van der Waals surface area contributed by atoms with Crippen molar-refractivity contribution in [1.29, 1.82) is 0 Å². The summed E-state index contributed by atoms with van der Waals surface area (Å²) < 4.78 is 0. The molecule has 1 amide bonds. The van der Waals surface area contributed by atoms with Gasteiger partial charge in [0, 0.05) is 37.9 Å². The van der Waals surface area contributed by atoms with Gasteiger partial charge in [0.05, 0.1) is 0 Å². The maximum absolute atomic E-state index is 12.8. The topological polar surface area (TPSA) is 91.8 Å². The molecule has 7 heteroatoms. The molecule has 0 aliphatic carbocycles. The van der Waals surface area contributed by atoms with E-state index >= 15 is 0 Å². The summed E-state index contributed by atoms with van der Waals surface area (Å²) in [6.07, 6.45) is 7.08. The lowest BCUT2D eigenvalue weighted by molar-refractivity contribution is 0.0741. The molecular formula is C19H19N5O2. The lowest BCUT2D eigenvalue weighted by Crippen LogP contribution is -2.35. The molecule has 0 unspecified atom stereocenters. The maximum Gasteiger partial charge on any atom is 0.264 e. The second kappa shape index (κ2) is 8.15. The average molecular weight is 349 g/mol. The molecule has 0 atom stereocenters. The van der Waals surface area contributed by atoms with Crippen LogP contribution in [0.15, 0.2) is 59.9 Å². The number of nitrogens with one attached hydrogen (secondary N) is 1. The van der Waals surface area contributed by atoms with E-state index in [0.29, 0.717) is 24.6 Å². The molecule has 0 fully saturated rings. The monoisotopic (exact) mass is 349 g/mol. The molecule has 0 bridgehead atoms. The van der Waals surface area contributed by atoms with E-state index in [2.05, 4.69) is 19.9 Å². The summed E-state index contributed by atoms with van der Waals surface area (Å²) in [6.45, 7) is 2.94. The van der Waals surface area contributed by atoms with Crippen LogP contribution in [0.1, 0.15) is 29.3 Å². The average Bonchev–Trinajstić information content (AvgIpc) is 2.68. The number of hydrogen-bond acceptors (Lipinski definition) is 5. The van der Waals surface area contributed by atoms with Gasteiger partial charge in [-0.1, -0.05) is 13.0 Å². The maximum atomic E-state index is 12.8. The van der Waals surface area contributed by atoms with Crippen molar-refractivity contribution in [2.45, 2.75) is 19.9 Å². The number of aromatic amines is 1. The van der Waals surface area contributed by atoms with E-state index in [1.54, 1.807) is 41.7 Å². The number of aromatic nitrogens is 4. The zero-order valence-electron chi connectivity index (χ0n) is 14.4. The van der Waals surface area contributed by atoms with Gasteiger partial charge in [0.2, 0.25) is 0 Å². The van der Waals surface area contributed by atoms with Crippen LogP contribution in [0.2, 0.25) is 0 Å². The molecule has 0 aliphatic heterocycles. The van der Waals surface area contributed by atoms with Gasteiger partial charge >= 0.3 is 0 Å². The van der Waals surface area contributed by atoms with Crippen molar-refractivity contribution < 1.29 is 4.79 Å². The fourth-order valence-electron chi connectivity index (χ4n) is 2.58. The zero-order chi connectivity index (χ0) is 18.4. The minimum atomic E-state index is -0.471. The standard InChI is InChI=1S/C19H19N5O2/c1-2-11-24(13-14-6-9-20-10-7-14)19(26)15-12-22-17(23-18(15)25)16-5-3-4-8-21-16/h3-10,12H,2,11,13H2,1H3,(H,22,23,25). The van der Waals surface area contributed by atoms with Gasteiger partial charge < -0.3 is 9.88 Å². The highest BCUT2D eigenvalue weighted by molar-refractivity contribution is 5.93. The minimum Gasteiger partial charge on any atom is -0.334 e. The lowest BCUT2D eigenvalue weighted by atomic mass is 10.2. The van der Waals surface area contributed by atoms with Crippen molar-refractivity contribution in [3.05, 3.63) is 76.6 Å². The van der Waals surface area contributed by atoms with E-state index in [-0.39, 0.29) is 11.5 Å². The van der Waals surface area contributed by atoms with Gasteiger partial charge in [-0.05, 0) is 36.2 Å². The van der Waals surface area contributed by atoms with E-state index in [1.807, 2.05) is 19.1 Å². The highest BCUT2D eigenvalue weighted by Gasteiger charge is 2.19. The molecule has 0 saturated carbocycles. The smallest absolute Gasteiger partial charge is 0.264 e. The van der Waals surface area contributed by atoms with Crippen LogP contribution in [0.25, 0.3) is 11.5 Å². The molecule has 0 spiro atoms. The number of carbonyl (C=O) groups is 1. The second-order valence-corrected chi connectivity index (χ2v) is 5.77. The summed E-state index contributed by atoms with van der Waals surface area (Å²) in [5.41, 5.74) is 1.05. The van der Waals surface area contributed by atoms with Crippen molar-refractivity contribution in [1.82, 2.24) is 24.8 Å². The molecule has 3 aromatic rings. The van der Waals surface area contributed by atoms with Gasteiger partial charge in [0.15, 0.2) is 5.82 Å². The third-order valence-electron chi connectivity index (χ3n) is 3.84. The van der Waals surface area contributed by atoms with Gasteiger partial charge in [-0.15, -0.1) is 0 Å². The Labute approximate surface area is 150 Å². The van der Waals surface area contributed by atoms with Crippen LogP contribution in [0.5, 0.6) is 0 Å². The first-order valence-electron chi connectivity index (χ1n) is 8.38. The quantitative estimate of drug-likeness (QED) is 0.737. The van der Waals surface area contributed by atoms with Crippen LogP contribution >= 0.6 is 0 Å². The van der Waals surface area contributed by atoms with Crippen molar-refractivity contribution in [3.63, 3.8) is 0 Å².